The van der Waals surface area contributed by atoms with Crippen LogP contribution in [0.2, 0.25) is 0 Å². The maximum atomic E-state index is 13.9. The van der Waals surface area contributed by atoms with Gasteiger partial charge in [-0.15, -0.1) is 0 Å². The molecule has 0 aliphatic carbocycles. The van der Waals surface area contributed by atoms with E-state index in [4.69, 9.17) is 25.4 Å². The fraction of sp³-hybridized carbons (Fsp3) is 0.176. The third kappa shape index (κ3) is 8.68. The van der Waals surface area contributed by atoms with E-state index in [1.165, 1.54) is 7.11 Å². The zero-order valence-electron chi connectivity index (χ0n) is 24.4. The lowest BCUT2D eigenvalue weighted by atomic mass is 10.0. The number of nitrogen functional groups attached to an aromatic ring is 1. The molecule has 1 amide bonds. The summed E-state index contributed by atoms with van der Waals surface area (Å²) in [4.78, 5) is 38.4. The quantitative estimate of drug-likeness (QED) is 0.0763. The molecule has 44 heavy (non-hydrogen) atoms. The lowest BCUT2D eigenvalue weighted by molar-refractivity contribution is -0.160. The molecular weight excluding hydrogens is 560 g/mol. The van der Waals surface area contributed by atoms with Crippen molar-refractivity contribution >= 4 is 29.4 Å². The highest BCUT2D eigenvalue weighted by Gasteiger charge is 2.29. The van der Waals surface area contributed by atoms with E-state index in [0.717, 1.165) is 18.1 Å². The second-order valence-corrected chi connectivity index (χ2v) is 9.92. The molecule has 0 spiro atoms. The number of ether oxygens (including phenoxy) is 3. The Kier molecular flexibility index (Phi) is 10.7. The number of nitrogens with two attached hydrogens (primary N) is 1. The average molecular weight is 595 g/mol. The number of hydrogen-bond donors (Lipinski definition) is 4. The summed E-state index contributed by atoms with van der Waals surface area (Å²) < 4.78 is 16.5. The van der Waals surface area contributed by atoms with Crippen LogP contribution in [0.1, 0.15) is 35.2 Å². The van der Waals surface area contributed by atoms with Gasteiger partial charge in [0.05, 0.1) is 7.11 Å². The molecule has 0 aliphatic rings. The molecule has 5 N–H and O–H groups in total. The van der Waals surface area contributed by atoms with Crippen molar-refractivity contribution in [2.75, 3.05) is 12.4 Å². The van der Waals surface area contributed by atoms with Gasteiger partial charge in [0.25, 0.3) is 0 Å². The zero-order chi connectivity index (χ0) is 31.5. The number of nitrogens with one attached hydrogen (secondary N) is 3. The Bertz CT molecular complexity index is 1590. The molecule has 0 saturated heterocycles. The van der Waals surface area contributed by atoms with Gasteiger partial charge in [0, 0.05) is 24.6 Å². The first kappa shape index (κ1) is 31.3. The van der Waals surface area contributed by atoms with Gasteiger partial charge >= 0.3 is 11.9 Å². The van der Waals surface area contributed by atoms with Gasteiger partial charge in [0.2, 0.25) is 5.91 Å². The number of hydrogen-bond acceptors (Lipinski definition) is 8. The summed E-state index contributed by atoms with van der Waals surface area (Å²) in [6, 6.07) is 28.4. The Morgan fingerprint density at radius 1 is 0.841 bits per heavy atom. The van der Waals surface area contributed by atoms with Gasteiger partial charge in [0.1, 0.15) is 24.5 Å². The van der Waals surface area contributed by atoms with Crippen LogP contribution < -0.4 is 25.8 Å². The second-order valence-electron chi connectivity index (χ2n) is 9.92. The van der Waals surface area contributed by atoms with E-state index in [2.05, 4.69) is 10.6 Å². The van der Waals surface area contributed by atoms with E-state index in [0.29, 0.717) is 34.9 Å². The van der Waals surface area contributed by atoms with Crippen LogP contribution in [-0.2, 0) is 32.1 Å². The van der Waals surface area contributed by atoms with Crippen LogP contribution in [0, 0.1) is 5.41 Å². The Morgan fingerprint density at radius 3 is 2.07 bits per heavy atom. The summed E-state index contributed by atoms with van der Waals surface area (Å²) >= 11 is 0. The van der Waals surface area contributed by atoms with E-state index in [-0.39, 0.29) is 12.3 Å². The number of carbonyl (C=O) groups is 3. The first-order chi connectivity index (χ1) is 21.2. The van der Waals surface area contributed by atoms with E-state index < -0.39 is 29.9 Å². The van der Waals surface area contributed by atoms with Gasteiger partial charge in [-0.05, 0) is 53.1 Å². The normalized spacial score (nSPS) is 11.9. The molecule has 10 heteroatoms. The summed E-state index contributed by atoms with van der Waals surface area (Å²) in [6.07, 6.45) is 0.105. The topological polar surface area (TPSA) is 153 Å². The highest BCUT2D eigenvalue weighted by atomic mass is 16.6. The summed E-state index contributed by atoms with van der Waals surface area (Å²) in [5.41, 5.74) is 8.94. The van der Waals surface area contributed by atoms with Gasteiger partial charge in [-0.2, -0.15) is 0 Å². The standard InChI is InChI=1S/C34H34N4O6/c1-22(39)44-34(41)28(19-23-9-5-3-6-10-23)38-33(40)31(37-27-16-13-25(14-17-27)32(35)36)26-15-18-29(30(20-26)42-2)43-21-24-11-7-4-8-12-24/h3-18,20,28,31,37H,19,21H2,1-2H3,(H3,35,36)(H,38,40)/t28-,31+/m0/s1. The lowest BCUT2D eigenvalue weighted by Crippen LogP contribution is -2.46. The third-order valence-corrected chi connectivity index (χ3v) is 6.66. The molecule has 0 saturated carbocycles. The Balaban J connectivity index is 1.64. The molecule has 4 aromatic rings. The number of carbonyl (C=O) groups excluding carboxylic acids is 3. The van der Waals surface area contributed by atoms with Crippen LogP contribution in [0.3, 0.4) is 0 Å². The molecular formula is C34H34N4O6. The molecule has 0 heterocycles. The maximum absolute atomic E-state index is 13.9. The SMILES string of the molecule is COc1cc([C@@H](Nc2ccc(C(=N)N)cc2)C(=O)N[C@@H](Cc2ccccc2)C(=O)OC(C)=O)ccc1OCc1ccccc1. The number of anilines is 1. The molecule has 0 aromatic heterocycles. The van der Waals surface area contributed by atoms with Crippen LogP contribution in [0.15, 0.2) is 103 Å². The number of methoxy groups -OCH3 is 1. The Labute approximate surface area is 255 Å². The van der Waals surface area contributed by atoms with Gasteiger partial charge in [-0.25, -0.2) is 4.79 Å². The Morgan fingerprint density at radius 2 is 1.48 bits per heavy atom. The van der Waals surface area contributed by atoms with Crippen molar-refractivity contribution in [1.82, 2.24) is 5.32 Å². The van der Waals surface area contributed by atoms with Crippen LogP contribution in [0.5, 0.6) is 11.5 Å². The monoisotopic (exact) mass is 594 g/mol. The van der Waals surface area contributed by atoms with Crippen LogP contribution in [0.25, 0.3) is 0 Å². The predicted octanol–water partition coefficient (Wildman–Crippen LogP) is 4.53. The molecule has 0 unspecified atom stereocenters. The van der Waals surface area contributed by atoms with Crippen molar-refractivity contribution in [2.24, 2.45) is 5.73 Å². The fourth-order valence-electron chi connectivity index (χ4n) is 4.44. The largest absolute Gasteiger partial charge is 0.493 e. The van der Waals surface area contributed by atoms with Crippen molar-refractivity contribution in [1.29, 1.82) is 5.41 Å². The minimum absolute atomic E-state index is 0.0885. The van der Waals surface area contributed by atoms with E-state index in [1.54, 1.807) is 42.5 Å². The van der Waals surface area contributed by atoms with Crippen molar-refractivity contribution < 1.29 is 28.6 Å². The van der Waals surface area contributed by atoms with Crippen LogP contribution in [-0.4, -0.2) is 36.8 Å². The number of amidine groups is 1. The molecule has 2 atom stereocenters. The molecule has 0 fully saturated rings. The Hall–Kier alpha value is -5.64. The summed E-state index contributed by atoms with van der Waals surface area (Å²) in [5.74, 6) is -1.41. The number of esters is 2. The summed E-state index contributed by atoms with van der Waals surface area (Å²) in [7, 11) is 1.51. The first-order valence-corrected chi connectivity index (χ1v) is 13.9. The van der Waals surface area contributed by atoms with Crippen molar-refractivity contribution in [3.05, 3.63) is 125 Å². The van der Waals surface area contributed by atoms with Crippen molar-refractivity contribution in [3.8, 4) is 11.5 Å². The zero-order valence-corrected chi connectivity index (χ0v) is 24.4. The fourth-order valence-corrected chi connectivity index (χ4v) is 4.44. The second kappa shape index (κ2) is 15.0. The van der Waals surface area contributed by atoms with E-state index >= 15 is 0 Å². The molecule has 0 radical (unpaired) electrons. The highest BCUT2D eigenvalue weighted by molar-refractivity contribution is 5.96. The van der Waals surface area contributed by atoms with E-state index in [9.17, 15) is 14.4 Å². The average Bonchev–Trinajstić information content (AvgIpc) is 3.03. The molecule has 10 nitrogen and oxygen atoms in total. The number of benzene rings is 4. The molecule has 4 rings (SSSR count). The highest BCUT2D eigenvalue weighted by Crippen LogP contribution is 2.32. The minimum Gasteiger partial charge on any atom is -0.493 e. The van der Waals surface area contributed by atoms with Crippen molar-refractivity contribution in [2.45, 2.75) is 32.0 Å². The van der Waals surface area contributed by atoms with Gasteiger partial charge < -0.3 is 30.6 Å². The lowest BCUT2D eigenvalue weighted by Gasteiger charge is -2.24. The van der Waals surface area contributed by atoms with Gasteiger partial charge in [0.15, 0.2) is 11.5 Å². The maximum Gasteiger partial charge on any atom is 0.336 e. The predicted molar refractivity (Wildman–Crippen MR) is 166 cm³/mol. The minimum atomic E-state index is -1.14. The number of amides is 1. The molecule has 226 valence electrons. The van der Waals surface area contributed by atoms with Gasteiger partial charge in [-0.3, -0.25) is 15.0 Å². The number of rotatable bonds is 13. The van der Waals surface area contributed by atoms with Gasteiger partial charge in [-0.1, -0.05) is 66.7 Å². The summed E-state index contributed by atoms with van der Waals surface area (Å²) in [6.45, 7) is 1.45. The first-order valence-electron chi connectivity index (χ1n) is 13.9. The molecule has 0 aliphatic heterocycles. The smallest absolute Gasteiger partial charge is 0.336 e. The molecule has 0 bridgehead atoms. The van der Waals surface area contributed by atoms with Crippen LogP contribution >= 0.6 is 0 Å². The van der Waals surface area contributed by atoms with E-state index in [1.807, 2.05) is 60.7 Å². The third-order valence-electron chi connectivity index (χ3n) is 6.66. The van der Waals surface area contributed by atoms with Crippen LogP contribution in [0.4, 0.5) is 5.69 Å². The van der Waals surface area contributed by atoms with Crippen molar-refractivity contribution in [3.63, 3.8) is 0 Å². The molecule has 4 aromatic carbocycles. The summed E-state index contributed by atoms with van der Waals surface area (Å²) in [5, 5.41) is 13.6.